The highest BCUT2D eigenvalue weighted by atomic mass is 19.1. The second-order valence-electron chi connectivity index (χ2n) is 7.06. The third-order valence-corrected chi connectivity index (χ3v) is 4.91. The van der Waals surface area contributed by atoms with E-state index in [4.69, 9.17) is 4.74 Å². The van der Waals surface area contributed by atoms with E-state index < -0.39 is 0 Å². The highest BCUT2D eigenvalue weighted by Crippen LogP contribution is 2.18. The van der Waals surface area contributed by atoms with Crippen LogP contribution in [0, 0.1) is 5.82 Å². The maximum absolute atomic E-state index is 13.0. The summed E-state index contributed by atoms with van der Waals surface area (Å²) in [5.74, 6) is -0.221. The number of carbonyl (C=O) groups excluding carboxylic acids is 1. The molecule has 4 nitrogen and oxygen atoms in total. The molecule has 1 heterocycles. The van der Waals surface area contributed by atoms with Gasteiger partial charge in [0.25, 0.3) is 5.91 Å². The summed E-state index contributed by atoms with van der Waals surface area (Å²) >= 11 is 0. The molecule has 0 spiro atoms. The van der Waals surface area contributed by atoms with Crippen molar-refractivity contribution in [1.82, 2.24) is 4.90 Å². The standard InChI is InChI=1S/C22H27FN2O2/c1-25(13-3-7-21-8-4-14-27-21)22(26)18-5-2-6-20(15-18)24-16-17-9-11-19(23)12-10-17/h2,5-6,9-12,15,21,24H,3-4,7-8,13-14,16H2,1H3/t21-/m1/s1. The fraction of sp³-hybridized carbons (Fsp3) is 0.409. The minimum absolute atomic E-state index is 0.0211. The Bertz CT molecular complexity index is 742. The molecule has 2 aromatic rings. The number of ether oxygens (including phenoxy) is 1. The maximum Gasteiger partial charge on any atom is 0.253 e. The molecule has 0 bridgehead atoms. The van der Waals surface area contributed by atoms with Crippen LogP contribution in [0.1, 0.15) is 41.6 Å². The topological polar surface area (TPSA) is 41.6 Å². The summed E-state index contributed by atoms with van der Waals surface area (Å²) in [7, 11) is 1.84. The number of amides is 1. The van der Waals surface area contributed by atoms with Gasteiger partial charge in [-0.1, -0.05) is 18.2 Å². The molecule has 5 heteroatoms. The third kappa shape index (κ3) is 5.79. The Hall–Kier alpha value is -2.40. The van der Waals surface area contributed by atoms with Crippen LogP contribution in [0.4, 0.5) is 10.1 Å². The van der Waals surface area contributed by atoms with E-state index in [9.17, 15) is 9.18 Å². The number of hydrogen-bond acceptors (Lipinski definition) is 3. The van der Waals surface area contributed by atoms with E-state index in [0.717, 1.165) is 50.1 Å². The van der Waals surface area contributed by atoms with E-state index in [1.165, 1.54) is 12.1 Å². The van der Waals surface area contributed by atoms with Crippen LogP contribution in [-0.2, 0) is 11.3 Å². The zero-order valence-corrected chi connectivity index (χ0v) is 15.8. The van der Waals surface area contributed by atoms with E-state index in [2.05, 4.69) is 5.32 Å². The van der Waals surface area contributed by atoms with Crippen LogP contribution in [0.25, 0.3) is 0 Å². The monoisotopic (exact) mass is 370 g/mol. The van der Waals surface area contributed by atoms with Crippen LogP contribution < -0.4 is 5.32 Å². The summed E-state index contributed by atoms with van der Waals surface area (Å²) in [6.07, 6.45) is 4.62. The van der Waals surface area contributed by atoms with Gasteiger partial charge in [-0.05, 0) is 61.6 Å². The molecule has 144 valence electrons. The van der Waals surface area contributed by atoms with Crippen LogP contribution >= 0.6 is 0 Å². The summed E-state index contributed by atoms with van der Waals surface area (Å²) in [5.41, 5.74) is 2.52. The first-order chi connectivity index (χ1) is 13.1. The van der Waals surface area contributed by atoms with Gasteiger partial charge in [-0.25, -0.2) is 4.39 Å². The second kappa shape index (κ2) is 9.51. The molecule has 2 aromatic carbocycles. The van der Waals surface area contributed by atoms with Crippen molar-refractivity contribution in [3.05, 3.63) is 65.5 Å². The third-order valence-electron chi connectivity index (χ3n) is 4.91. The lowest BCUT2D eigenvalue weighted by Crippen LogP contribution is -2.28. The molecule has 0 radical (unpaired) electrons. The number of anilines is 1. The van der Waals surface area contributed by atoms with Crippen molar-refractivity contribution in [2.24, 2.45) is 0 Å². The van der Waals surface area contributed by atoms with Crippen molar-refractivity contribution < 1.29 is 13.9 Å². The minimum Gasteiger partial charge on any atom is -0.381 e. The maximum atomic E-state index is 13.0. The van der Waals surface area contributed by atoms with E-state index in [1.54, 1.807) is 17.0 Å². The van der Waals surface area contributed by atoms with E-state index in [1.807, 2.05) is 31.3 Å². The summed E-state index contributed by atoms with van der Waals surface area (Å²) in [6, 6.07) is 13.9. The SMILES string of the molecule is CN(CCC[C@@H]1CCCO1)C(=O)c1cccc(NCc2ccc(F)cc2)c1. The lowest BCUT2D eigenvalue weighted by Gasteiger charge is -2.19. The molecule has 1 N–H and O–H groups in total. The number of nitrogens with one attached hydrogen (secondary N) is 1. The van der Waals surface area contributed by atoms with E-state index >= 15 is 0 Å². The Morgan fingerprint density at radius 2 is 2.07 bits per heavy atom. The lowest BCUT2D eigenvalue weighted by atomic mass is 10.1. The second-order valence-corrected chi connectivity index (χ2v) is 7.06. The van der Waals surface area contributed by atoms with Crippen LogP contribution in [0.15, 0.2) is 48.5 Å². The van der Waals surface area contributed by atoms with E-state index in [-0.39, 0.29) is 11.7 Å². The summed E-state index contributed by atoms with van der Waals surface area (Å²) in [4.78, 5) is 14.4. The van der Waals surface area contributed by atoms with Crippen LogP contribution in [0.3, 0.4) is 0 Å². The van der Waals surface area contributed by atoms with Crippen molar-refractivity contribution in [3.63, 3.8) is 0 Å². The fourth-order valence-electron chi connectivity index (χ4n) is 3.32. The normalized spacial score (nSPS) is 16.3. The smallest absolute Gasteiger partial charge is 0.253 e. The quantitative estimate of drug-likeness (QED) is 0.745. The molecule has 1 aliphatic rings. The molecule has 1 amide bonds. The van der Waals surface area contributed by atoms with Gasteiger partial charge in [-0.15, -0.1) is 0 Å². The molecule has 0 unspecified atom stereocenters. The van der Waals surface area contributed by atoms with Crippen molar-refractivity contribution in [2.45, 2.75) is 38.3 Å². The first-order valence-corrected chi connectivity index (χ1v) is 9.57. The summed E-state index contributed by atoms with van der Waals surface area (Å²) in [6.45, 7) is 2.18. The Kier molecular flexibility index (Phi) is 6.82. The van der Waals surface area contributed by atoms with Crippen molar-refractivity contribution >= 4 is 11.6 Å². The number of hydrogen-bond donors (Lipinski definition) is 1. The Balaban J connectivity index is 1.50. The first-order valence-electron chi connectivity index (χ1n) is 9.57. The number of nitrogens with zero attached hydrogens (tertiary/aromatic N) is 1. The number of rotatable bonds is 8. The molecule has 0 aliphatic carbocycles. The van der Waals surface area contributed by atoms with Gasteiger partial charge in [0.1, 0.15) is 5.82 Å². The van der Waals surface area contributed by atoms with Gasteiger partial charge < -0.3 is 15.0 Å². The van der Waals surface area contributed by atoms with Gasteiger partial charge in [0.15, 0.2) is 0 Å². The molecule has 0 aromatic heterocycles. The fourth-order valence-corrected chi connectivity index (χ4v) is 3.32. The van der Waals surface area contributed by atoms with Crippen LogP contribution in [-0.4, -0.2) is 37.1 Å². The van der Waals surface area contributed by atoms with Gasteiger partial charge >= 0.3 is 0 Å². The molecular weight excluding hydrogens is 343 g/mol. The predicted octanol–water partition coefficient (Wildman–Crippen LogP) is 4.47. The first kappa shape index (κ1) is 19.4. The molecule has 3 rings (SSSR count). The van der Waals surface area contributed by atoms with Gasteiger partial charge in [-0.2, -0.15) is 0 Å². The van der Waals surface area contributed by atoms with Gasteiger partial charge in [-0.3, -0.25) is 4.79 Å². The largest absolute Gasteiger partial charge is 0.381 e. The molecule has 0 saturated carbocycles. The van der Waals surface area contributed by atoms with Crippen molar-refractivity contribution in [1.29, 1.82) is 0 Å². The Labute approximate surface area is 160 Å². The average molecular weight is 370 g/mol. The summed E-state index contributed by atoms with van der Waals surface area (Å²) in [5, 5.41) is 3.29. The lowest BCUT2D eigenvalue weighted by molar-refractivity contribution is 0.0763. The average Bonchev–Trinajstić information content (AvgIpc) is 3.20. The molecular formula is C22H27FN2O2. The highest BCUT2D eigenvalue weighted by molar-refractivity contribution is 5.94. The minimum atomic E-state index is -0.242. The van der Waals surface area contributed by atoms with E-state index in [0.29, 0.717) is 18.2 Å². The van der Waals surface area contributed by atoms with Gasteiger partial charge in [0.05, 0.1) is 6.10 Å². The number of carbonyl (C=O) groups is 1. The van der Waals surface area contributed by atoms with Gasteiger partial charge in [0, 0.05) is 38.0 Å². The van der Waals surface area contributed by atoms with Crippen LogP contribution in [0.5, 0.6) is 0 Å². The molecule has 27 heavy (non-hydrogen) atoms. The van der Waals surface area contributed by atoms with Crippen LogP contribution in [0.2, 0.25) is 0 Å². The molecule has 1 atom stereocenters. The highest BCUT2D eigenvalue weighted by Gasteiger charge is 2.16. The molecule has 1 saturated heterocycles. The number of benzene rings is 2. The number of halogens is 1. The Morgan fingerprint density at radius 3 is 2.81 bits per heavy atom. The Morgan fingerprint density at radius 1 is 1.26 bits per heavy atom. The molecule has 1 fully saturated rings. The zero-order valence-electron chi connectivity index (χ0n) is 15.8. The van der Waals surface area contributed by atoms with Gasteiger partial charge in [0.2, 0.25) is 0 Å². The van der Waals surface area contributed by atoms with Crippen molar-refractivity contribution in [3.8, 4) is 0 Å². The predicted molar refractivity (Wildman–Crippen MR) is 105 cm³/mol. The summed E-state index contributed by atoms with van der Waals surface area (Å²) < 4.78 is 18.6. The molecule has 1 aliphatic heterocycles. The van der Waals surface area contributed by atoms with Crippen molar-refractivity contribution in [2.75, 3.05) is 25.5 Å². The zero-order chi connectivity index (χ0) is 19.1.